The second kappa shape index (κ2) is 13.9. The Balaban J connectivity index is 1.11. The van der Waals surface area contributed by atoms with Crippen molar-refractivity contribution in [1.82, 2.24) is 0 Å². The van der Waals surface area contributed by atoms with E-state index in [1.165, 1.54) is 97.4 Å². The summed E-state index contributed by atoms with van der Waals surface area (Å²) in [5.74, 6) is 0. The van der Waals surface area contributed by atoms with Crippen molar-refractivity contribution < 1.29 is 0 Å². The number of hydrogen-bond donors (Lipinski definition) is 0. The van der Waals surface area contributed by atoms with Crippen LogP contribution in [0.2, 0.25) is 0 Å². The second-order valence-electron chi connectivity index (χ2n) is 16.8. The molecule has 1 nitrogen and oxygen atoms in total. The van der Waals surface area contributed by atoms with Crippen LogP contribution in [0.4, 0.5) is 17.1 Å². The maximum Gasteiger partial charge on any atom is 0.0546 e. The number of fused-ring (bicyclic) bond motifs is 9. The Labute approximate surface area is 360 Å². The zero-order valence-corrected chi connectivity index (χ0v) is 34.9. The highest BCUT2D eigenvalue weighted by Gasteiger charge is 2.36. The summed E-state index contributed by atoms with van der Waals surface area (Å²) in [6.45, 7) is 4.74. The fourth-order valence-corrected chi connectivity index (χ4v) is 11.4. The highest BCUT2D eigenvalue weighted by molar-refractivity contribution is 7.26. The van der Waals surface area contributed by atoms with Gasteiger partial charge in [-0.1, -0.05) is 184 Å². The van der Waals surface area contributed by atoms with E-state index in [2.05, 4.69) is 231 Å². The van der Waals surface area contributed by atoms with Crippen LogP contribution in [0.25, 0.3) is 86.2 Å². The zero-order valence-electron chi connectivity index (χ0n) is 34.1. The summed E-state index contributed by atoms with van der Waals surface area (Å²) in [6, 6.07) is 78.7. The number of thiophene rings is 1. The van der Waals surface area contributed by atoms with E-state index in [9.17, 15) is 0 Å². The van der Waals surface area contributed by atoms with E-state index in [-0.39, 0.29) is 5.41 Å². The van der Waals surface area contributed by atoms with Crippen molar-refractivity contribution in [3.05, 3.63) is 223 Å². The highest BCUT2D eigenvalue weighted by Crippen LogP contribution is 2.53. The van der Waals surface area contributed by atoms with Crippen molar-refractivity contribution in [3.63, 3.8) is 0 Å². The van der Waals surface area contributed by atoms with Gasteiger partial charge >= 0.3 is 0 Å². The minimum absolute atomic E-state index is 0.144. The van der Waals surface area contributed by atoms with E-state index in [0.29, 0.717) is 0 Å². The molecule has 1 aliphatic rings. The molecule has 0 spiro atoms. The molecule has 1 aliphatic carbocycles. The normalized spacial score (nSPS) is 12.9. The van der Waals surface area contributed by atoms with Gasteiger partial charge in [-0.05, 0) is 114 Å². The molecule has 0 saturated carbocycles. The fraction of sp³-hybridized carbons (Fsp3) is 0.0508. The standard InChI is InChI=1S/C59H41NS/c1-59(2)53-27-12-10-22-47(53)48-35-34-42(37-54(48)59)60(41-32-30-38(31-33-41)44-24-14-26-51-49-23-11-13-29-56(49)61-58(44)51)55-28-15-25-50(57(55)39-16-4-3-5-17-39)52-36-40-18-6-7-19-43(40)45-20-8-9-21-46(45)52/h3-37H,1-2H3. The number of anilines is 3. The Bertz CT molecular complexity index is 3500. The van der Waals surface area contributed by atoms with Gasteiger partial charge in [0.25, 0.3) is 0 Å². The van der Waals surface area contributed by atoms with Gasteiger partial charge < -0.3 is 4.90 Å². The summed E-state index contributed by atoms with van der Waals surface area (Å²) in [5.41, 5.74) is 15.9. The number of rotatable bonds is 6. The van der Waals surface area contributed by atoms with Crippen molar-refractivity contribution in [1.29, 1.82) is 0 Å². The first kappa shape index (κ1) is 35.7. The average Bonchev–Trinajstić information content (AvgIpc) is 3.81. The first-order chi connectivity index (χ1) is 30.0. The zero-order chi connectivity index (χ0) is 40.7. The summed E-state index contributed by atoms with van der Waals surface area (Å²) >= 11 is 1.88. The molecular formula is C59H41NS. The van der Waals surface area contributed by atoms with Crippen LogP contribution in [0.3, 0.4) is 0 Å². The lowest BCUT2D eigenvalue weighted by molar-refractivity contribution is 0.660. The van der Waals surface area contributed by atoms with Crippen molar-refractivity contribution in [2.24, 2.45) is 0 Å². The van der Waals surface area contributed by atoms with Gasteiger partial charge in [-0.3, -0.25) is 0 Å². The van der Waals surface area contributed by atoms with Crippen LogP contribution in [-0.4, -0.2) is 0 Å². The minimum Gasteiger partial charge on any atom is -0.310 e. The van der Waals surface area contributed by atoms with Crippen molar-refractivity contribution in [2.75, 3.05) is 4.90 Å². The van der Waals surface area contributed by atoms with E-state index in [1.807, 2.05) is 11.3 Å². The molecule has 0 unspecified atom stereocenters. The molecular weight excluding hydrogens is 755 g/mol. The highest BCUT2D eigenvalue weighted by atomic mass is 32.1. The van der Waals surface area contributed by atoms with E-state index in [1.54, 1.807) is 0 Å². The van der Waals surface area contributed by atoms with Crippen LogP contribution in [0.15, 0.2) is 212 Å². The summed E-state index contributed by atoms with van der Waals surface area (Å²) in [4.78, 5) is 2.50. The first-order valence-corrected chi connectivity index (χ1v) is 22.0. The van der Waals surface area contributed by atoms with E-state index >= 15 is 0 Å². The topological polar surface area (TPSA) is 3.24 Å². The lowest BCUT2D eigenvalue weighted by Gasteiger charge is -2.31. The predicted octanol–water partition coefficient (Wildman–Crippen LogP) is 17.1. The monoisotopic (exact) mass is 795 g/mol. The average molecular weight is 796 g/mol. The van der Waals surface area contributed by atoms with Gasteiger partial charge in [-0.25, -0.2) is 0 Å². The van der Waals surface area contributed by atoms with Crippen LogP contribution in [0.1, 0.15) is 25.0 Å². The third-order valence-corrected chi connectivity index (χ3v) is 14.3. The van der Waals surface area contributed by atoms with Crippen LogP contribution in [0.5, 0.6) is 0 Å². The van der Waals surface area contributed by atoms with Gasteiger partial charge in [0, 0.05) is 42.5 Å². The van der Waals surface area contributed by atoms with Crippen molar-refractivity contribution in [2.45, 2.75) is 19.3 Å². The van der Waals surface area contributed by atoms with Gasteiger partial charge in [0.05, 0.1) is 5.69 Å². The molecule has 0 saturated heterocycles. The molecule has 1 heterocycles. The lowest BCUT2D eigenvalue weighted by atomic mass is 9.82. The number of hydrogen-bond acceptors (Lipinski definition) is 2. The van der Waals surface area contributed by atoms with Crippen molar-refractivity contribution in [3.8, 4) is 44.5 Å². The number of benzene rings is 10. The maximum atomic E-state index is 2.50. The Morgan fingerprint density at radius 1 is 0.377 bits per heavy atom. The summed E-state index contributed by atoms with van der Waals surface area (Å²) in [7, 11) is 0. The summed E-state index contributed by atoms with van der Waals surface area (Å²) in [6.07, 6.45) is 0. The molecule has 288 valence electrons. The Kier molecular flexibility index (Phi) is 8.13. The molecule has 2 heteroatoms. The molecule has 61 heavy (non-hydrogen) atoms. The summed E-state index contributed by atoms with van der Waals surface area (Å²) < 4.78 is 2.65. The van der Waals surface area contributed by atoms with Crippen molar-refractivity contribution >= 4 is 70.1 Å². The van der Waals surface area contributed by atoms with Crippen LogP contribution in [0, 0.1) is 0 Å². The van der Waals surface area contributed by atoms with Crippen LogP contribution < -0.4 is 4.90 Å². The molecule has 0 aliphatic heterocycles. The van der Waals surface area contributed by atoms with Crippen LogP contribution >= 0.6 is 11.3 Å². The largest absolute Gasteiger partial charge is 0.310 e. The molecule has 1 aromatic heterocycles. The molecule has 0 N–H and O–H groups in total. The Morgan fingerprint density at radius 2 is 1.00 bits per heavy atom. The summed E-state index contributed by atoms with van der Waals surface area (Å²) in [5, 5.41) is 7.66. The van der Waals surface area contributed by atoms with Gasteiger partial charge in [0.15, 0.2) is 0 Å². The van der Waals surface area contributed by atoms with E-state index in [4.69, 9.17) is 0 Å². The molecule has 11 aromatic rings. The third kappa shape index (κ3) is 5.60. The van der Waals surface area contributed by atoms with Crippen LogP contribution in [-0.2, 0) is 5.41 Å². The smallest absolute Gasteiger partial charge is 0.0546 e. The molecule has 0 amide bonds. The second-order valence-corrected chi connectivity index (χ2v) is 17.9. The lowest BCUT2D eigenvalue weighted by Crippen LogP contribution is -2.17. The first-order valence-electron chi connectivity index (χ1n) is 21.2. The molecule has 0 fully saturated rings. The van der Waals surface area contributed by atoms with E-state index < -0.39 is 0 Å². The molecule has 0 atom stereocenters. The van der Waals surface area contributed by atoms with Gasteiger partial charge in [0.1, 0.15) is 0 Å². The maximum absolute atomic E-state index is 2.50. The predicted molar refractivity (Wildman–Crippen MR) is 263 cm³/mol. The quantitative estimate of drug-likeness (QED) is 0.152. The molecule has 0 bridgehead atoms. The number of nitrogens with zero attached hydrogens (tertiary/aromatic N) is 1. The molecule has 12 rings (SSSR count). The van der Waals surface area contributed by atoms with E-state index in [0.717, 1.165) is 17.1 Å². The Hall–Kier alpha value is -7.26. The SMILES string of the molecule is CC1(C)c2ccccc2-c2ccc(N(c3ccc(-c4cccc5c4sc4ccccc45)cc3)c3cccc(-c4cc5ccccc5c5ccccc45)c3-c3ccccc3)cc21. The molecule has 10 aromatic carbocycles. The van der Waals surface area contributed by atoms with Gasteiger partial charge in [-0.15, -0.1) is 11.3 Å². The van der Waals surface area contributed by atoms with Gasteiger partial charge in [0.2, 0.25) is 0 Å². The Morgan fingerprint density at radius 3 is 1.85 bits per heavy atom. The fourth-order valence-electron chi connectivity index (χ4n) is 10.2. The van der Waals surface area contributed by atoms with Gasteiger partial charge in [-0.2, -0.15) is 0 Å². The minimum atomic E-state index is -0.144. The third-order valence-electron chi connectivity index (χ3n) is 13.1. The molecule has 0 radical (unpaired) electrons.